The standard InChI is InChI=1S/C24H29N7O/c1-4-25-23-21(10-12-26-23)17(2)31-13-6-8-19(16-31)18-7-5-9-20(15-18)27-24(32)28-22-11-14-30(3)29-22/h4-5,7,9-12,14-15,19H,1,6,8,13,16H2,2-3H3,(H,25,26)(H2,27,28,29,32)/b21-17+. The van der Waals surface area contributed by atoms with E-state index < -0.39 is 0 Å². The second-order valence-electron chi connectivity index (χ2n) is 8.01. The predicted molar refractivity (Wildman–Crippen MR) is 128 cm³/mol. The van der Waals surface area contributed by atoms with Crippen LogP contribution in [0.3, 0.4) is 0 Å². The highest BCUT2D eigenvalue weighted by molar-refractivity contribution is 6.04. The number of amidine groups is 1. The number of allylic oxidation sites excluding steroid dienone is 1. The van der Waals surface area contributed by atoms with E-state index in [1.165, 1.54) is 11.3 Å². The lowest BCUT2D eigenvalue weighted by molar-refractivity contribution is 0.258. The molecule has 0 spiro atoms. The van der Waals surface area contributed by atoms with Crippen LogP contribution < -0.4 is 16.0 Å². The maximum absolute atomic E-state index is 12.3. The van der Waals surface area contributed by atoms with Crippen LogP contribution in [0.5, 0.6) is 0 Å². The lowest BCUT2D eigenvalue weighted by Gasteiger charge is -2.36. The molecule has 2 amide bonds. The smallest absolute Gasteiger partial charge is 0.324 e. The average Bonchev–Trinajstić information content (AvgIpc) is 3.42. The number of nitrogens with one attached hydrogen (secondary N) is 3. The monoisotopic (exact) mass is 431 g/mol. The van der Waals surface area contributed by atoms with Crippen molar-refractivity contribution in [3.63, 3.8) is 0 Å². The lowest BCUT2D eigenvalue weighted by Crippen LogP contribution is -2.34. The van der Waals surface area contributed by atoms with E-state index in [1.807, 2.05) is 31.5 Å². The largest absolute Gasteiger partial charge is 0.374 e. The van der Waals surface area contributed by atoms with Crippen LogP contribution in [-0.4, -0.2) is 39.6 Å². The van der Waals surface area contributed by atoms with Gasteiger partial charge in [-0.15, -0.1) is 0 Å². The number of nitrogens with zero attached hydrogens (tertiary/aromatic N) is 4. The molecular weight excluding hydrogens is 402 g/mol. The molecule has 8 heteroatoms. The van der Waals surface area contributed by atoms with Crippen molar-refractivity contribution in [2.75, 3.05) is 23.7 Å². The number of aryl methyl sites for hydroxylation is 1. The van der Waals surface area contributed by atoms with Gasteiger partial charge in [0, 0.05) is 61.5 Å². The molecule has 2 aliphatic rings. The molecule has 1 fully saturated rings. The van der Waals surface area contributed by atoms with Gasteiger partial charge < -0.3 is 15.5 Å². The third-order valence-corrected chi connectivity index (χ3v) is 5.80. The topological polar surface area (TPSA) is 86.6 Å². The molecule has 0 aliphatic carbocycles. The van der Waals surface area contributed by atoms with Gasteiger partial charge in [-0.25, -0.2) is 9.79 Å². The number of urea groups is 1. The van der Waals surface area contributed by atoms with Gasteiger partial charge in [-0.05, 0) is 49.7 Å². The van der Waals surface area contributed by atoms with E-state index in [-0.39, 0.29) is 6.03 Å². The summed E-state index contributed by atoms with van der Waals surface area (Å²) in [6, 6.07) is 9.55. The van der Waals surface area contributed by atoms with Crippen LogP contribution in [-0.2, 0) is 7.05 Å². The number of likely N-dealkylation sites (tertiary alicyclic amines) is 1. The SMILES string of the molecule is C=CNC1=NC=C/C1=C(/C)N1CCCC(c2cccc(NC(=O)Nc3ccn(C)n3)c2)C1. The highest BCUT2D eigenvalue weighted by Crippen LogP contribution is 2.31. The molecular formula is C24H29N7O. The van der Waals surface area contributed by atoms with Crippen molar-refractivity contribution < 1.29 is 4.79 Å². The zero-order valence-corrected chi connectivity index (χ0v) is 18.5. The molecule has 1 saturated heterocycles. The van der Waals surface area contributed by atoms with Gasteiger partial charge in [0.2, 0.25) is 0 Å². The van der Waals surface area contributed by atoms with Crippen LogP contribution >= 0.6 is 0 Å². The Morgan fingerprint density at radius 2 is 2.16 bits per heavy atom. The maximum atomic E-state index is 12.3. The van der Waals surface area contributed by atoms with Crippen LogP contribution in [0.2, 0.25) is 0 Å². The third kappa shape index (κ3) is 4.91. The molecule has 1 atom stereocenters. The summed E-state index contributed by atoms with van der Waals surface area (Å²) in [6.07, 6.45) is 9.52. The number of piperidine rings is 1. The van der Waals surface area contributed by atoms with Gasteiger partial charge in [-0.2, -0.15) is 5.10 Å². The minimum absolute atomic E-state index is 0.304. The summed E-state index contributed by atoms with van der Waals surface area (Å²) < 4.78 is 1.64. The first-order chi connectivity index (χ1) is 15.5. The summed E-state index contributed by atoms with van der Waals surface area (Å²) in [6.45, 7) is 7.83. The van der Waals surface area contributed by atoms with E-state index in [0.29, 0.717) is 11.7 Å². The number of aliphatic imine (C=N–C) groups is 1. The Balaban J connectivity index is 1.43. The Morgan fingerprint density at radius 3 is 2.94 bits per heavy atom. The van der Waals surface area contributed by atoms with Crippen molar-refractivity contribution in [2.45, 2.75) is 25.7 Å². The first-order valence-electron chi connectivity index (χ1n) is 10.8. The van der Waals surface area contributed by atoms with Crippen molar-refractivity contribution in [1.29, 1.82) is 0 Å². The molecule has 4 rings (SSSR count). The number of carbonyl (C=O) groups is 1. The number of rotatable bonds is 5. The Morgan fingerprint density at radius 1 is 1.28 bits per heavy atom. The molecule has 3 heterocycles. The normalized spacial score (nSPS) is 19.4. The Kier molecular flexibility index (Phi) is 6.39. The van der Waals surface area contributed by atoms with Gasteiger partial charge in [0.25, 0.3) is 0 Å². The molecule has 8 nitrogen and oxygen atoms in total. The summed E-state index contributed by atoms with van der Waals surface area (Å²) in [5, 5.41) is 13.0. The lowest BCUT2D eigenvalue weighted by atomic mass is 9.90. The molecule has 2 aromatic rings. The fraction of sp³-hybridized carbons (Fsp3) is 0.292. The Labute approximate surface area is 188 Å². The summed E-state index contributed by atoms with van der Waals surface area (Å²) in [5.41, 5.74) is 4.31. The van der Waals surface area contributed by atoms with E-state index in [2.05, 4.69) is 56.6 Å². The van der Waals surface area contributed by atoms with Gasteiger partial charge in [-0.1, -0.05) is 18.7 Å². The second kappa shape index (κ2) is 9.55. The number of benzene rings is 1. The molecule has 3 N–H and O–H groups in total. The fourth-order valence-corrected chi connectivity index (χ4v) is 4.19. The zero-order chi connectivity index (χ0) is 22.5. The number of anilines is 2. The number of carbonyl (C=O) groups excluding carboxylic acids is 1. The van der Waals surface area contributed by atoms with Crippen molar-refractivity contribution >= 4 is 23.4 Å². The number of aromatic nitrogens is 2. The van der Waals surface area contributed by atoms with Gasteiger partial charge in [-0.3, -0.25) is 10.00 Å². The van der Waals surface area contributed by atoms with Crippen molar-refractivity contribution in [2.24, 2.45) is 12.0 Å². The highest BCUT2D eigenvalue weighted by atomic mass is 16.2. The van der Waals surface area contributed by atoms with E-state index >= 15 is 0 Å². The van der Waals surface area contributed by atoms with Crippen LogP contribution in [0.15, 0.2) is 77.8 Å². The maximum Gasteiger partial charge on any atom is 0.324 e. The highest BCUT2D eigenvalue weighted by Gasteiger charge is 2.24. The molecule has 0 saturated carbocycles. The fourth-order valence-electron chi connectivity index (χ4n) is 4.19. The summed E-state index contributed by atoms with van der Waals surface area (Å²) in [5.74, 6) is 1.74. The van der Waals surface area contributed by atoms with Crippen LogP contribution in [0.1, 0.15) is 31.2 Å². The van der Waals surface area contributed by atoms with Crippen molar-refractivity contribution in [3.8, 4) is 0 Å². The molecule has 1 aromatic heterocycles. The Hall–Kier alpha value is -3.81. The van der Waals surface area contributed by atoms with Crippen LogP contribution in [0, 0.1) is 0 Å². The molecule has 0 radical (unpaired) electrons. The van der Waals surface area contributed by atoms with Gasteiger partial charge >= 0.3 is 6.03 Å². The average molecular weight is 432 g/mol. The van der Waals surface area contributed by atoms with Gasteiger partial charge in [0.15, 0.2) is 5.82 Å². The van der Waals surface area contributed by atoms with Crippen LogP contribution in [0.4, 0.5) is 16.3 Å². The van der Waals surface area contributed by atoms with Gasteiger partial charge in [0.1, 0.15) is 5.84 Å². The quantitative estimate of drug-likeness (QED) is 0.663. The minimum Gasteiger partial charge on any atom is -0.374 e. The predicted octanol–water partition coefficient (Wildman–Crippen LogP) is 4.18. The summed E-state index contributed by atoms with van der Waals surface area (Å²) in [7, 11) is 1.81. The van der Waals surface area contributed by atoms with E-state index in [4.69, 9.17) is 0 Å². The van der Waals surface area contributed by atoms with Crippen molar-refractivity contribution in [3.05, 3.63) is 78.4 Å². The Bertz CT molecular complexity index is 1100. The number of hydrogen-bond donors (Lipinski definition) is 3. The van der Waals surface area contributed by atoms with Crippen LogP contribution in [0.25, 0.3) is 0 Å². The molecule has 2 aliphatic heterocycles. The molecule has 166 valence electrons. The first-order valence-corrected chi connectivity index (χ1v) is 10.8. The zero-order valence-electron chi connectivity index (χ0n) is 18.5. The summed E-state index contributed by atoms with van der Waals surface area (Å²) in [4.78, 5) is 19.1. The van der Waals surface area contributed by atoms with E-state index in [9.17, 15) is 4.79 Å². The summed E-state index contributed by atoms with van der Waals surface area (Å²) >= 11 is 0. The molecule has 32 heavy (non-hydrogen) atoms. The molecule has 1 aromatic carbocycles. The van der Waals surface area contributed by atoms with E-state index in [1.54, 1.807) is 23.1 Å². The molecule has 0 bridgehead atoms. The second-order valence-corrected chi connectivity index (χ2v) is 8.01. The first kappa shape index (κ1) is 21.4. The number of hydrogen-bond acceptors (Lipinski definition) is 5. The third-order valence-electron chi connectivity index (χ3n) is 5.80. The number of amides is 2. The van der Waals surface area contributed by atoms with Crippen molar-refractivity contribution in [1.82, 2.24) is 20.0 Å². The molecule has 1 unspecified atom stereocenters. The minimum atomic E-state index is -0.304. The van der Waals surface area contributed by atoms with Gasteiger partial charge in [0.05, 0.1) is 0 Å². The van der Waals surface area contributed by atoms with E-state index in [0.717, 1.165) is 43.0 Å².